The fraction of sp³-hybridized carbons (Fsp3) is 0.727. The van der Waals surface area contributed by atoms with Gasteiger partial charge in [0.25, 0.3) is 0 Å². The summed E-state index contributed by atoms with van der Waals surface area (Å²) in [5.74, 6) is 0.0198. The molecule has 14 heavy (non-hydrogen) atoms. The largest absolute Gasteiger partial charge is 0.351 e. The van der Waals surface area contributed by atoms with Gasteiger partial charge in [0, 0.05) is 12.1 Å². The van der Waals surface area contributed by atoms with Crippen LogP contribution < -0.4 is 10.6 Å². The van der Waals surface area contributed by atoms with Crippen molar-refractivity contribution in [3.63, 3.8) is 0 Å². The first-order valence-corrected chi connectivity index (χ1v) is 5.09. The van der Waals surface area contributed by atoms with Crippen LogP contribution in [0, 0.1) is 0 Å². The third-order valence-corrected chi connectivity index (χ3v) is 2.31. The Morgan fingerprint density at radius 1 is 1.57 bits per heavy atom. The van der Waals surface area contributed by atoms with Gasteiger partial charge in [-0.25, -0.2) is 0 Å². The third kappa shape index (κ3) is 5.02. The maximum atomic E-state index is 11.5. The van der Waals surface area contributed by atoms with Crippen molar-refractivity contribution in [1.82, 2.24) is 10.6 Å². The van der Waals surface area contributed by atoms with Crippen molar-refractivity contribution in [2.24, 2.45) is 0 Å². The van der Waals surface area contributed by atoms with Gasteiger partial charge in [0.2, 0.25) is 5.91 Å². The van der Waals surface area contributed by atoms with Gasteiger partial charge in [0.05, 0.1) is 6.04 Å². The van der Waals surface area contributed by atoms with E-state index in [9.17, 15) is 4.79 Å². The molecule has 3 heteroatoms. The number of amides is 1. The molecule has 0 aromatic heterocycles. The average molecular weight is 198 g/mol. The molecule has 0 spiro atoms. The molecule has 3 nitrogen and oxygen atoms in total. The smallest absolute Gasteiger partial charge is 0.237 e. The van der Waals surface area contributed by atoms with Gasteiger partial charge in [0.15, 0.2) is 0 Å². The van der Waals surface area contributed by atoms with Crippen LogP contribution in [0.4, 0.5) is 0 Å². The lowest BCUT2D eigenvalue weighted by Crippen LogP contribution is -2.51. The normalized spacial score (nSPS) is 13.4. The Morgan fingerprint density at radius 3 is 2.57 bits per heavy atom. The molecule has 1 unspecified atom stereocenters. The first kappa shape index (κ1) is 13.2. The zero-order valence-corrected chi connectivity index (χ0v) is 9.68. The fourth-order valence-corrected chi connectivity index (χ4v) is 1.08. The van der Waals surface area contributed by atoms with Crippen LogP contribution in [0.2, 0.25) is 0 Å². The molecule has 0 rings (SSSR count). The van der Waals surface area contributed by atoms with Gasteiger partial charge >= 0.3 is 0 Å². The molecule has 2 N–H and O–H groups in total. The van der Waals surface area contributed by atoms with Crippen LogP contribution in [-0.4, -0.2) is 24.0 Å². The summed E-state index contributed by atoms with van der Waals surface area (Å²) in [6, 6.07) is -0.162. The summed E-state index contributed by atoms with van der Waals surface area (Å²) in [4.78, 5) is 11.5. The predicted octanol–water partition coefficient (Wildman–Crippen LogP) is 1.46. The molecule has 0 radical (unpaired) electrons. The predicted molar refractivity (Wildman–Crippen MR) is 60.2 cm³/mol. The van der Waals surface area contributed by atoms with E-state index < -0.39 is 0 Å². The topological polar surface area (TPSA) is 41.1 Å². The first-order valence-electron chi connectivity index (χ1n) is 5.09. The van der Waals surface area contributed by atoms with E-state index in [0.717, 1.165) is 6.42 Å². The second kappa shape index (κ2) is 5.81. The van der Waals surface area contributed by atoms with Gasteiger partial charge in [-0.2, -0.15) is 0 Å². The van der Waals surface area contributed by atoms with Crippen molar-refractivity contribution >= 4 is 5.91 Å². The lowest BCUT2D eigenvalue weighted by molar-refractivity contribution is -0.123. The van der Waals surface area contributed by atoms with E-state index in [2.05, 4.69) is 38.0 Å². The molecule has 0 heterocycles. The van der Waals surface area contributed by atoms with Gasteiger partial charge in [-0.3, -0.25) is 4.79 Å². The SMILES string of the molecule is C=CCNC(=O)C(C)NC(C)(C)CC. The van der Waals surface area contributed by atoms with Crippen molar-refractivity contribution in [1.29, 1.82) is 0 Å². The first-order chi connectivity index (χ1) is 6.43. The maximum Gasteiger partial charge on any atom is 0.237 e. The molecule has 82 valence electrons. The highest BCUT2D eigenvalue weighted by Gasteiger charge is 2.21. The highest BCUT2D eigenvalue weighted by atomic mass is 16.2. The van der Waals surface area contributed by atoms with Crippen LogP contribution in [0.15, 0.2) is 12.7 Å². The second-order valence-electron chi connectivity index (χ2n) is 4.14. The summed E-state index contributed by atoms with van der Waals surface area (Å²) in [5.41, 5.74) is 0.00490. The van der Waals surface area contributed by atoms with Crippen molar-refractivity contribution in [3.8, 4) is 0 Å². The van der Waals surface area contributed by atoms with Gasteiger partial charge in [-0.1, -0.05) is 13.0 Å². The Labute approximate surface area is 87.0 Å². The number of rotatable bonds is 6. The molecule has 1 amide bonds. The summed E-state index contributed by atoms with van der Waals surface area (Å²) in [6.07, 6.45) is 2.67. The maximum absolute atomic E-state index is 11.5. The van der Waals surface area contributed by atoms with Crippen LogP contribution in [0.25, 0.3) is 0 Å². The Balaban J connectivity index is 4.00. The molecule has 0 aliphatic carbocycles. The molecule has 0 aliphatic heterocycles. The molecule has 0 saturated carbocycles. The molecule has 1 atom stereocenters. The van der Waals surface area contributed by atoms with E-state index in [-0.39, 0.29) is 17.5 Å². The number of hydrogen-bond acceptors (Lipinski definition) is 2. The third-order valence-electron chi connectivity index (χ3n) is 2.31. The molecule has 0 aliphatic rings. The molecule has 0 aromatic carbocycles. The van der Waals surface area contributed by atoms with Crippen LogP contribution in [0.1, 0.15) is 34.1 Å². The van der Waals surface area contributed by atoms with Crippen LogP contribution in [0.3, 0.4) is 0 Å². The van der Waals surface area contributed by atoms with Gasteiger partial charge in [-0.15, -0.1) is 6.58 Å². The average Bonchev–Trinajstić information content (AvgIpc) is 2.13. The molecule has 0 saturated heterocycles. The summed E-state index contributed by atoms with van der Waals surface area (Å²) in [5, 5.41) is 6.03. The summed E-state index contributed by atoms with van der Waals surface area (Å²) in [6.45, 7) is 12.2. The van der Waals surface area contributed by atoms with Gasteiger partial charge in [0.1, 0.15) is 0 Å². The quantitative estimate of drug-likeness (QED) is 0.634. The molecular weight excluding hydrogens is 176 g/mol. The van der Waals surface area contributed by atoms with E-state index in [1.54, 1.807) is 6.08 Å². The molecule has 0 aromatic rings. The Kier molecular flexibility index (Phi) is 5.46. The minimum atomic E-state index is -0.162. The number of carbonyl (C=O) groups is 1. The summed E-state index contributed by atoms with van der Waals surface area (Å²) >= 11 is 0. The van der Waals surface area contributed by atoms with E-state index in [1.165, 1.54) is 0 Å². The minimum absolute atomic E-state index is 0.00490. The summed E-state index contributed by atoms with van der Waals surface area (Å²) in [7, 11) is 0. The van der Waals surface area contributed by atoms with Gasteiger partial charge in [-0.05, 0) is 27.2 Å². The highest BCUT2D eigenvalue weighted by Crippen LogP contribution is 2.07. The number of nitrogens with one attached hydrogen (secondary N) is 2. The lowest BCUT2D eigenvalue weighted by Gasteiger charge is -2.28. The summed E-state index contributed by atoms with van der Waals surface area (Å²) < 4.78 is 0. The zero-order chi connectivity index (χ0) is 11.2. The number of hydrogen-bond donors (Lipinski definition) is 2. The van der Waals surface area contributed by atoms with Crippen LogP contribution in [-0.2, 0) is 4.79 Å². The second-order valence-corrected chi connectivity index (χ2v) is 4.14. The molecule has 0 fully saturated rings. The minimum Gasteiger partial charge on any atom is -0.351 e. The van der Waals surface area contributed by atoms with E-state index in [4.69, 9.17) is 0 Å². The van der Waals surface area contributed by atoms with E-state index >= 15 is 0 Å². The van der Waals surface area contributed by atoms with Crippen LogP contribution in [0.5, 0.6) is 0 Å². The van der Waals surface area contributed by atoms with Crippen molar-refractivity contribution in [2.45, 2.75) is 45.7 Å². The monoisotopic (exact) mass is 198 g/mol. The fourth-order valence-electron chi connectivity index (χ4n) is 1.08. The number of carbonyl (C=O) groups excluding carboxylic acids is 1. The van der Waals surface area contributed by atoms with Gasteiger partial charge < -0.3 is 10.6 Å². The van der Waals surface area contributed by atoms with Crippen molar-refractivity contribution in [3.05, 3.63) is 12.7 Å². The van der Waals surface area contributed by atoms with E-state index in [0.29, 0.717) is 6.54 Å². The van der Waals surface area contributed by atoms with E-state index in [1.807, 2.05) is 6.92 Å². The Hall–Kier alpha value is -0.830. The molecule has 0 bridgehead atoms. The Morgan fingerprint density at radius 2 is 2.14 bits per heavy atom. The van der Waals surface area contributed by atoms with Crippen LogP contribution >= 0.6 is 0 Å². The van der Waals surface area contributed by atoms with Crippen molar-refractivity contribution in [2.75, 3.05) is 6.54 Å². The highest BCUT2D eigenvalue weighted by molar-refractivity contribution is 5.81. The lowest BCUT2D eigenvalue weighted by atomic mass is 10.0. The standard InChI is InChI=1S/C11H22N2O/c1-6-8-12-10(14)9(3)13-11(4,5)7-2/h6,9,13H,1,7-8H2,2-5H3,(H,12,14). The zero-order valence-electron chi connectivity index (χ0n) is 9.68. The Bertz CT molecular complexity index is 199. The molecular formula is C11H22N2O. The van der Waals surface area contributed by atoms with Crippen molar-refractivity contribution < 1.29 is 4.79 Å².